The van der Waals surface area contributed by atoms with Crippen molar-refractivity contribution in [3.63, 3.8) is 0 Å². The number of benzene rings is 2. The van der Waals surface area contributed by atoms with Crippen LogP contribution in [-0.4, -0.2) is 27.4 Å². The summed E-state index contributed by atoms with van der Waals surface area (Å²) in [6, 6.07) is 21.9. The van der Waals surface area contributed by atoms with Crippen LogP contribution in [0.4, 0.5) is 0 Å². The largest absolute Gasteiger partial charge is 0.459 e. The van der Waals surface area contributed by atoms with Crippen molar-refractivity contribution in [3.05, 3.63) is 90.1 Å². The molecule has 5 heteroatoms. The quantitative estimate of drug-likeness (QED) is 0.527. The molecule has 1 amide bonds. The van der Waals surface area contributed by atoms with Crippen molar-refractivity contribution >= 4 is 16.9 Å². The minimum atomic E-state index is -0.161. The molecule has 0 bridgehead atoms. The van der Waals surface area contributed by atoms with Gasteiger partial charge in [-0.2, -0.15) is 0 Å². The van der Waals surface area contributed by atoms with Crippen LogP contribution in [0.1, 0.15) is 34.9 Å². The van der Waals surface area contributed by atoms with Gasteiger partial charge in [0.2, 0.25) is 0 Å². The minimum Gasteiger partial charge on any atom is -0.459 e. The highest BCUT2D eigenvalue weighted by atomic mass is 16.3. The molecular weight excluding hydrogens is 338 g/mol. The molecule has 5 nitrogen and oxygen atoms in total. The van der Waals surface area contributed by atoms with Gasteiger partial charge in [-0.15, -0.1) is 0 Å². The summed E-state index contributed by atoms with van der Waals surface area (Å²) in [4.78, 5) is 19.0. The van der Waals surface area contributed by atoms with Crippen LogP contribution < -0.4 is 0 Å². The molecule has 4 rings (SSSR count). The zero-order chi connectivity index (χ0) is 18.8. The van der Waals surface area contributed by atoms with Gasteiger partial charge in [-0.05, 0) is 36.8 Å². The number of aromatic nitrogens is 2. The number of para-hydroxylation sites is 2. The standard InChI is InChI=1S/C22H21N3O2/c1-16(17-9-4-3-5-10-17)25-19-12-7-6-11-18(19)23-21(25)15-24(2)22(26)20-13-8-14-27-20/h3-14,16H,15H2,1-2H3/t16-/m0/s1. The van der Waals surface area contributed by atoms with E-state index in [1.54, 1.807) is 24.1 Å². The molecule has 0 radical (unpaired) electrons. The summed E-state index contributed by atoms with van der Waals surface area (Å²) in [6.45, 7) is 2.55. The highest BCUT2D eigenvalue weighted by molar-refractivity contribution is 5.91. The third-order valence-corrected chi connectivity index (χ3v) is 4.80. The lowest BCUT2D eigenvalue weighted by Gasteiger charge is -2.21. The number of rotatable bonds is 5. The average Bonchev–Trinajstić information content (AvgIpc) is 3.35. The number of nitrogens with zero attached hydrogens (tertiary/aromatic N) is 3. The van der Waals surface area contributed by atoms with E-state index in [-0.39, 0.29) is 11.9 Å². The molecule has 2 aromatic heterocycles. The average molecular weight is 359 g/mol. The van der Waals surface area contributed by atoms with Crippen LogP contribution >= 0.6 is 0 Å². The van der Waals surface area contributed by atoms with Crippen LogP contribution in [-0.2, 0) is 6.54 Å². The van der Waals surface area contributed by atoms with Gasteiger partial charge in [-0.1, -0.05) is 42.5 Å². The van der Waals surface area contributed by atoms with Crippen LogP contribution in [0.2, 0.25) is 0 Å². The molecule has 27 heavy (non-hydrogen) atoms. The minimum absolute atomic E-state index is 0.0979. The van der Waals surface area contributed by atoms with Crippen LogP contribution in [0, 0.1) is 0 Å². The van der Waals surface area contributed by atoms with E-state index < -0.39 is 0 Å². The van der Waals surface area contributed by atoms with Gasteiger partial charge in [0.15, 0.2) is 5.76 Å². The highest BCUT2D eigenvalue weighted by Crippen LogP contribution is 2.26. The lowest BCUT2D eigenvalue weighted by molar-refractivity contribution is 0.0748. The molecule has 0 aliphatic carbocycles. The lowest BCUT2D eigenvalue weighted by Crippen LogP contribution is -2.28. The topological polar surface area (TPSA) is 51.3 Å². The molecule has 0 aliphatic heterocycles. The van der Waals surface area contributed by atoms with E-state index in [2.05, 4.69) is 29.7 Å². The van der Waals surface area contributed by atoms with E-state index in [4.69, 9.17) is 9.40 Å². The number of furan rings is 1. The van der Waals surface area contributed by atoms with Gasteiger partial charge in [0.25, 0.3) is 5.91 Å². The van der Waals surface area contributed by atoms with Crippen LogP contribution in [0.15, 0.2) is 77.4 Å². The first kappa shape index (κ1) is 17.1. The van der Waals surface area contributed by atoms with Crippen LogP contribution in [0.5, 0.6) is 0 Å². The maximum absolute atomic E-state index is 12.6. The summed E-state index contributed by atoms with van der Waals surface area (Å²) in [5.74, 6) is 1.01. The highest BCUT2D eigenvalue weighted by Gasteiger charge is 2.21. The number of hydrogen-bond acceptors (Lipinski definition) is 3. The molecule has 0 unspecified atom stereocenters. The molecule has 2 aromatic carbocycles. The summed E-state index contributed by atoms with van der Waals surface area (Å²) in [7, 11) is 1.77. The first-order valence-corrected chi connectivity index (χ1v) is 8.95. The Hall–Kier alpha value is -3.34. The SMILES string of the molecule is C[C@@H](c1ccccc1)n1c(CN(C)C(=O)c2ccco2)nc2ccccc21. The maximum Gasteiger partial charge on any atom is 0.289 e. The van der Waals surface area contributed by atoms with E-state index in [9.17, 15) is 4.79 Å². The van der Waals surface area contributed by atoms with E-state index in [1.807, 2.05) is 36.4 Å². The lowest BCUT2D eigenvalue weighted by atomic mass is 10.1. The predicted octanol–water partition coefficient (Wildman–Crippen LogP) is 4.51. The van der Waals surface area contributed by atoms with E-state index in [1.165, 1.54) is 11.8 Å². The molecule has 0 N–H and O–H groups in total. The summed E-state index contributed by atoms with van der Waals surface area (Å²) in [6.07, 6.45) is 1.51. The fraction of sp³-hybridized carbons (Fsp3) is 0.182. The Balaban J connectivity index is 1.73. The molecule has 2 heterocycles. The normalized spacial score (nSPS) is 12.2. The van der Waals surface area contributed by atoms with Crippen molar-refractivity contribution in [2.45, 2.75) is 19.5 Å². The van der Waals surface area contributed by atoms with E-state index in [0.717, 1.165) is 16.9 Å². The zero-order valence-electron chi connectivity index (χ0n) is 15.4. The zero-order valence-corrected chi connectivity index (χ0v) is 15.4. The first-order valence-electron chi connectivity index (χ1n) is 8.95. The van der Waals surface area contributed by atoms with Crippen molar-refractivity contribution in [3.8, 4) is 0 Å². The van der Waals surface area contributed by atoms with Crippen molar-refractivity contribution in [1.82, 2.24) is 14.5 Å². The van der Waals surface area contributed by atoms with Crippen molar-refractivity contribution in [2.75, 3.05) is 7.05 Å². The van der Waals surface area contributed by atoms with Crippen molar-refractivity contribution in [2.24, 2.45) is 0 Å². The fourth-order valence-corrected chi connectivity index (χ4v) is 3.39. The van der Waals surface area contributed by atoms with Gasteiger partial charge in [0.1, 0.15) is 5.82 Å². The molecular formula is C22H21N3O2. The molecule has 0 saturated carbocycles. The smallest absolute Gasteiger partial charge is 0.289 e. The van der Waals surface area contributed by atoms with Gasteiger partial charge in [-0.3, -0.25) is 4.79 Å². The molecule has 0 spiro atoms. The van der Waals surface area contributed by atoms with Gasteiger partial charge < -0.3 is 13.9 Å². The van der Waals surface area contributed by atoms with Gasteiger partial charge in [0, 0.05) is 7.05 Å². The Kier molecular flexibility index (Phi) is 4.50. The molecule has 4 aromatic rings. The van der Waals surface area contributed by atoms with Crippen LogP contribution in [0.25, 0.3) is 11.0 Å². The summed E-state index contributed by atoms with van der Waals surface area (Å²) >= 11 is 0. The third kappa shape index (κ3) is 3.24. The molecule has 0 fully saturated rings. The predicted molar refractivity (Wildman–Crippen MR) is 104 cm³/mol. The second-order valence-electron chi connectivity index (χ2n) is 6.61. The first-order chi connectivity index (χ1) is 13.1. The van der Waals surface area contributed by atoms with Gasteiger partial charge in [-0.25, -0.2) is 4.98 Å². The Labute approximate surface area is 157 Å². The Morgan fingerprint density at radius 1 is 1.07 bits per heavy atom. The third-order valence-electron chi connectivity index (χ3n) is 4.80. The van der Waals surface area contributed by atoms with Crippen LogP contribution in [0.3, 0.4) is 0 Å². The number of fused-ring (bicyclic) bond motifs is 1. The number of hydrogen-bond donors (Lipinski definition) is 0. The monoisotopic (exact) mass is 359 g/mol. The molecule has 0 saturated heterocycles. The number of amides is 1. The number of imidazole rings is 1. The fourth-order valence-electron chi connectivity index (χ4n) is 3.39. The second-order valence-corrected chi connectivity index (χ2v) is 6.61. The molecule has 1 atom stereocenters. The maximum atomic E-state index is 12.6. The molecule has 0 aliphatic rings. The number of carbonyl (C=O) groups excluding carboxylic acids is 1. The van der Waals surface area contributed by atoms with Gasteiger partial charge in [0.05, 0.1) is 29.9 Å². The van der Waals surface area contributed by atoms with E-state index in [0.29, 0.717) is 12.3 Å². The Morgan fingerprint density at radius 3 is 2.56 bits per heavy atom. The summed E-state index contributed by atoms with van der Waals surface area (Å²) in [5, 5.41) is 0. The van der Waals surface area contributed by atoms with Crippen molar-refractivity contribution < 1.29 is 9.21 Å². The summed E-state index contributed by atoms with van der Waals surface area (Å²) < 4.78 is 7.45. The Morgan fingerprint density at radius 2 is 1.81 bits per heavy atom. The van der Waals surface area contributed by atoms with E-state index >= 15 is 0 Å². The molecule has 136 valence electrons. The second kappa shape index (κ2) is 7.11. The number of carbonyl (C=O) groups is 1. The van der Waals surface area contributed by atoms with Gasteiger partial charge >= 0.3 is 0 Å². The Bertz CT molecular complexity index is 1050. The summed E-state index contributed by atoms with van der Waals surface area (Å²) in [5.41, 5.74) is 3.18. The van der Waals surface area contributed by atoms with Crippen molar-refractivity contribution in [1.29, 1.82) is 0 Å².